The van der Waals surface area contributed by atoms with E-state index in [0.717, 1.165) is 39.2 Å². The molecule has 136 valence electrons. The summed E-state index contributed by atoms with van der Waals surface area (Å²) in [5.74, 6) is 0.0503. The van der Waals surface area contributed by atoms with E-state index in [4.69, 9.17) is 0 Å². The molecule has 4 rings (SSSR count). The molecule has 0 spiro atoms. The van der Waals surface area contributed by atoms with Gasteiger partial charge in [-0.15, -0.1) is 11.3 Å². The lowest BCUT2D eigenvalue weighted by molar-refractivity contribution is -0.120. The van der Waals surface area contributed by atoms with Crippen LogP contribution in [0.2, 0.25) is 0 Å². The molecule has 0 atom stereocenters. The number of hydrogen-bond acceptors (Lipinski definition) is 3. The van der Waals surface area contributed by atoms with Gasteiger partial charge in [0.25, 0.3) is 0 Å². The van der Waals surface area contributed by atoms with Gasteiger partial charge in [-0.3, -0.25) is 4.79 Å². The van der Waals surface area contributed by atoms with Crippen molar-refractivity contribution < 1.29 is 4.79 Å². The van der Waals surface area contributed by atoms with Crippen LogP contribution >= 0.6 is 11.3 Å². The predicted octanol–water partition coefficient (Wildman–Crippen LogP) is 4.50. The monoisotopic (exact) mass is 375 g/mol. The summed E-state index contributed by atoms with van der Waals surface area (Å²) in [6.45, 7) is 2.65. The van der Waals surface area contributed by atoms with Crippen LogP contribution in [0.15, 0.2) is 60.1 Å². The van der Waals surface area contributed by atoms with E-state index in [2.05, 4.69) is 44.9 Å². The van der Waals surface area contributed by atoms with Gasteiger partial charge in [0.05, 0.1) is 17.1 Å². The molecule has 0 radical (unpaired) electrons. The molecule has 2 aromatic heterocycles. The number of H-pyrrole nitrogens is 1. The van der Waals surface area contributed by atoms with Gasteiger partial charge in [-0.05, 0) is 30.5 Å². The SMILES string of the molecule is Cc1nc(-c2ccc(CCNC(=O)Cc3c[nH]c4ccccc34)cc2)cs1. The van der Waals surface area contributed by atoms with Crippen LogP contribution in [0.5, 0.6) is 0 Å². The molecule has 0 bridgehead atoms. The second-order valence-corrected chi connectivity index (χ2v) is 7.65. The Bertz CT molecular complexity index is 1060. The van der Waals surface area contributed by atoms with Gasteiger partial charge in [0.15, 0.2) is 0 Å². The minimum atomic E-state index is 0.0503. The van der Waals surface area contributed by atoms with Crippen LogP contribution in [0.3, 0.4) is 0 Å². The smallest absolute Gasteiger partial charge is 0.224 e. The van der Waals surface area contributed by atoms with Crippen LogP contribution in [0.25, 0.3) is 22.2 Å². The van der Waals surface area contributed by atoms with Crippen molar-refractivity contribution >= 4 is 28.1 Å². The molecule has 0 fully saturated rings. The largest absolute Gasteiger partial charge is 0.361 e. The Morgan fingerprint density at radius 3 is 2.74 bits per heavy atom. The van der Waals surface area contributed by atoms with Gasteiger partial charge in [0, 0.05) is 34.6 Å². The average Bonchev–Trinajstić information content (AvgIpc) is 3.29. The van der Waals surface area contributed by atoms with Crippen LogP contribution in [0.4, 0.5) is 0 Å². The maximum Gasteiger partial charge on any atom is 0.224 e. The molecule has 0 unspecified atom stereocenters. The lowest BCUT2D eigenvalue weighted by Crippen LogP contribution is -2.27. The van der Waals surface area contributed by atoms with Gasteiger partial charge in [-0.1, -0.05) is 42.5 Å². The van der Waals surface area contributed by atoms with Crippen molar-refractivity contribution in [1.82, 2.24) is 15.3 Å². The van der Waals surface area contributed by atoms with Gasteiger partial charge in [0.2, 0.25) is 5.91 Å². The zero-order valence-electron chi connectivity index (χ0n) is 15.2. The summed E-state index contributed by atoms with van der Waals surface area (Å²) in [6.07, 6.45) is 3.13. The number of aromatic amines is 1. The number of carbonyl (C=O) groups is 1. The van der Waals surface area contributed by atoms with Crippen LogP contribution < -0.4 is 5.32 Å². The first kappa shape index (κ1) is 17.5. The van der Waals surface area contributed by atoms with E-state index in [1.165, 1.54) is 5.56 Å². The number of thiazole rings is 1. The normalized spacial score (nSPS) is 11.0. The third kappa shape index (κ3) is 4.09. The zero-order valence-corrected chi connectivity index (χ0v) is 16.0. The van der Waals surface area contributed by atoms with Crippen molar-refractivity contribution in [2.75, 3.05) is 6.54 Å². The first-order valence-electron chi connectivity index (χ1n) is 9.02. The first-order valence-corrected chi connectivity index (χ1v) is 9.90. The number of amides is 1. The number of carbonyl (C=O) groups excluding carboxylic acids is 1. The Kier molecular flexibility index (Phi) is 5.03. The predicted molar refractivity (Wildman–Crippen MR) is 111 cm³/mol. The second kappa shape index (κ2) is 7.76. The Balaban J connectivity index is 1.29. The van der Waals surface area contributed by atoms with Gasteiger partial charge in [-0.2, -0.15) is 0 Å². The molecule has 0 aliphatic rings. The maximum atomic E-state index is 12.3. The lowest BCUT2D eigenvalue weighted by atomic mass is 10.1. The number of nitrogens with one attached hydrogen (secondary N) is 2. The molecule has 0 aliphatic carbocycles. The van der Waals surface area contributed by atoms with E-state index in [1.54, 1.807) is 11.3 Å². The molecule has 27 heavy (non-hydrogen) atoms. The van der Waals surface area contributed by atoms with Gasteiger partial charge >= 0.3 is 0 Å². The summed E-state index contributed by atoms with van der Waals surface area (Å²) in [5, 5.41) is 7.29. The highest BCUT2D eigenvalue weighted by Gasteiger charge is 2.08. The van der Waals surface area contributed by atoms with Gasteiger partial charge in [-0.25, -0.2) is 4.98 Å². The van der Waals surface area contributed by atoms with Crippen molar-refractivity contribution in [3.63, 3.8) is 0 Å². The Labute approximate surface area is 162 Å². The van der Waals surface area contributed by atoms with Gasteiger partial charge < -0.3 is 10.3 Å². The van der Waals surface area contributed by atoms with E-state index in [-0.39, 0.29) is 5.91 Å². The number of para-hydroxylation sites is 1. The number of hydrogen-bond donors (Lipinski definition) is 2. The number of nitrogens with zero attached hydrogens (tertiary/aromatic N) is 1. The molecule has 4 aromatic rings. The molecular formula is C22H21N3OS. The van der Waals surface area contributed by atoms with E-state index in [9.17, 15) is 4.79 Å². The summed E-state index contributed by atoms with van der Waals surface area (Å²) >= 11 is 1.66. The molecule has 2 N–H and O–H groups in total. The molecule has 2 heterocycles. The fourth-order valence-corrected chi connectivity index (χ4v) is 3.82. The fourth-order valence-electron chi connectivity index (χ4n) is 3.20. The molecule has 2 aromatic carbocycles. The molecule has 4 nitrogen and oxygen atoms in total. The van der Waals surface area contributed by atoms with E-state index >= 15 is 0 Å². The third-order valence-corrected chi connectivity index (χ3v) is 5.40. The Morgan fingerprint density at radius 1 is 1.15 bits per heavy atom. The summed E-state index contributed by atoms with van der Waals surface area (Å²) in [4.78, 5) is 20.0. The van der Waals surface area contributed by atoms with Crippen molar-refractivity contribution in [3.05, 3.63) is 76.2 Å². The van der Waals surface area contributed by atoms with Gasteiger partial charge in [0.1, 0.15) is 0 Å². The quantitative estimate of drug-likeness (QED) is 0.521. The van der Waals surface area contributed by atoms with Crippen LogP contribution in [-0.4, -0.2) is 22.4 Å². The van der Waals surface area contributed by atoms with E-state index in [1.807, 2.05) is 37.4 Å². The standard InChI is InChI=1S/C22H21N3OS/c1-15-25-21(14-27-15)17-8-6-16(7-9-17)10-11-23-22(26)12-18-13-24-20-5-3-2-4-19(18)20/h2-9,13-14,24H,10-12H2,1H3,(H,23,26). The van der Waals surface area contributed by atoms with Crippen molar-refractivity contribution in [2.24, 2.45) is 0 Å². The Hall–Kier alpha value is -2.92. The summed E-state index contributed by atoms with van der Waals surface area (Å²) in [6, 6.07) is 16.5. The minimum Gasteiger partial charge on any atom is -0.361 e. The number of benzene rings is 2. The molecule has 0 saturated heterocycles. The fraction of sp³-hybridized carbons (Fsp3) is 0.182. The second-order valence-electron chi connectivity index (χ2n) is 6.58. The Morgan fingerprint density at radius 2 is 1.96 bits per heavy atom. The molecular weight excluding hydrogens is 354 g/mol. The van der Waals surface area contributed by atoms with Crippen molar-refractivity contribution in [2.45, 2.75) is 19.8 Å². The highest BCUT2D eigenvalue weighted by atomic mass is 32.1. The van der Waals surface area contributed by atoms with E-state index in [0.29, 0.717) is 13.0 Å². The van der Waals surface area contributed by atoms with Crippen molar-refractivity contribution in [3.8, 4) is 11.3 Å². The molecule has 1 amide bonds. The van der Waals surface area contributed by atoms with Crippen molar-refractivity contribution in [1.29, 1.82) is 0 Å². The van der Waals surface area contributed by atoms with Crippen LogP contribution in [0, 0.1) is 6.92 Å². The lowest BCUT2D eigenvalue weighted by Gasteiger charge is -2.06. The number of aromatic nitrogens is 2. The van der Waals surface area contributed by atoms with E-state index < -0.39 is 0 Å². The molecule has 0 aliphatic heterocycles. The molecule has 5 heteroatoms. The van der Waals surface area contributed by atoms with Crippen LogP contribution in [-0.2, 0) is 17.6 Å². The maximum absolute atomic E-state index is 12.3. The zero-order chi connectivity index (χ0) is 18.6. The third-order valence-electron chi connectivity index (χ3n) is 4.63. The average molecular weight is 375 g/mol. The number of aryl methyl sites for hydroxylation is 1. The summed E-state index contributed by atoms with van der Waals surface area (Å²) < 4.78 is 0. The number of fused-ring (bicyclic) bond motifs is 1. The minimum absolute atomic E-state index is 0.0503. The first-order chi connectivity index (χ1) is 13.2. The molecule has 0 saturated carbocycles. The highest BCUT2D eigenvalue weighted by Crippen LogP contribution is 2.22. The summed E-state index contributed by atoms with van der Waals surface area (Å²) in [5.41, 5.74) is 5.46. The highest BCUT2D eigenvalue weighted by molar-refractivity contribution is 7.09. The summed E-state index contributed by atoms with van der Waals surface area (Å²) in [7, 11) is 0. The van der Waals surface area contributed by atoms with Crippen LogP contribution in [0.1, 0.15) is 16.1 Å². The topological polar surface area (TPSA) is 57.8 Å². The number of rotatable bonds is 6.